The Labute approximate surface area is 153 Å². The monoisotopic (exact) mass is 363 g/mol. The zero-order chi connectivity index (χ0) is 17.9. The highest BCUT2D eigenvalue weighted by Crippen LogP contribution is 2.23. The molecule has 0 bridgehead atoms. The smallest absolute Gasteiger partial charge is 0.193 e. The van der Waals surface area contributed by atoms with Gasteiger partial charge in [0, 0.05) is 11.1 Å². The van der Waals surface area contributed by atoms with Crippen molar-refractivity contribution in [2.45, 2.75) is 6.61 Å². The average Bonchev–Trinajstić information content (AvgIpc) is 3.10. The highest BCUT2D eigenvalue weighted by atomic mass is 32.1. The third-order valence-electron chi connectivity index (χ3n) is 3.92. The first-order chi connectivity index (χ1) is 12.7. The van der Waals surface area contributed by atoms with Crippen LogP contribution in [-0.2, 0) is 6.61 Å². The van der Waals surface area contributed by atoms with Crippen molar-refractivity contribution in [3.8, 4) is 5.75 Å². The summed E-state index contributed by atoms with van der Waals surface area (Å²) in [6, 6.07) is 20.4. The highest BCUT2D eigenvalue weighted by Gasteiger charge is 2.10. The lowest BCUT2D eigenvalue weighted by Crippen LogP contribution is -2.01. The van der Waals surface area contributed by atoms with Gasteiger partial charge >= 0.3 is 0 Å². The minimum absolute atomic E-state index is 0.150. The molecule has 0 aliphatic rings. The Bertz CT molecular complexity index is 1020. The van der Waals surface area contributed by atoms with Crippen LogP contribution in [0.25, 0.3) is 10.2 Å². The maximum Gasteiger partial charge on any atom is 0.193 e. The highest BCUT2D eigenvalue weighted by molar-refractivity contribution is 7.18. The normalized spacial score (nSPS) is 10.8. The van der Waals surface area contributed by atoms with Gasteiger partial charge in [0.1, 0.15) is 23.2 Å². The zero-order valence-corrected chi connectivity index (χ0v) is 14.5. The number of ketones is 1. The molecule has 3 aromatic carbocycles. The number of aromatic nitrogens is 1. The molecule has 0 aliphatic carbocycles. The van der Waals surface area contributed by atoms with Crippen molar-refractivity contribution in [3.05, 3.63) is 94.7 Å². The van der Waals surface area contributed by atoms with Crippen LogP contribution in [0.15, 0.2) is 72.8 Å². The Hall–Kier alpha value is -3.05. The molecule has 0 unspecified atom stereocenters. The number of para-hydroxylation sites is 1. The van der Waals surface area contributed by atoms with E-state index in [0.29, 0.717) is 23.5 Å². The Morgan fingerprint density at radius 3 is 2.27 bits per heavy atom. The van der Waals surface area contributed by atoms with Crippen LogP contribution >= 0.6 is 11.3 Å². The van der Waals surface area contributed by atoms with E-state index in [4.69, 9.17) is 4.74 Å². The first-order valence-electron chi connectivity index (χ1n) is 8.07. The van der Waals surface area contributed by atoms with E-state index in [1.165, 1.54) is 24.3 Å². The van der Waals surface area contributed by atoms with Crippen molar-refractivity contribution in [3.63, 3.8) is 0 Å². The van der Waals surface area contributed by atoms with Gasteiger partial charge in [0.15, 0.2) is 5.78 Å². The van der Waals surface area contributed by atoms with E-state index in [2.05, 4.69) is 4.98 Å². The fourth-order valence-electron chi connectivity index (χ4n) is 2.60. The molecule has 1 aromatic heterocycles. The quantitative estimate of drug-likeness (QED) is 0.455. The van der Waals surface area contributed by atoms with E-state index >= 15 is 0 Å². The number of carbonyl (C=O) groups excluding carboxylic acids is 1. The van der Waals surface area contributed by atoms with E-state index < -0.39 is 0 Å². The van der Waals surface area contributed by atoms with Gasteiger partial charge in [0.2, 0.25) is 0 Å². The Balaban J connectivity index is 1.44. The number of benzene rings is 3. The van der Waals surface area contributed by atoms with Gasteiger partial charge in [-0.1, -0.05) is 12.1 Å². The van der Waals surface area contributed by atoms with E-state index in [1.807, 2.05) is 24.3 Å². The number of hydrogen-bond acceptors (Lipinski definition) is 4. The SMILES string of the molecule is O=C(c1ccc(F)cc1)c1ccc(OCc2nc3ccccc3s2)cc1. The molecule has 26 heavy (non-hydrogen) atoms. The van der Waals surface area contributed by atoms with Crippen molar-refractivity contribution in [1.29, 1.82) is 0 Å². The lowest BCUT2D eigenvalue weighted by atomic mass is 10.0. The molecular weight excluding hydrogens is 349 g/mol. The molecule has 0 fully saturated rings. The van der Waals surface area contributed by atoms with Gasteiger partial charge in [-0.2, -0.15) is 0 Å². The minimum atomic E-state index is -0.361. The molecule has 0 atom stereocenters. The van der Waals surface area contributed by atoms with Crippen molar-refractivity contribution >= 4 is 27.3 Å². The summed E-state index contributed by atoms with van der Waals surface area (Å²) in [7, 11) is 0. The number of hydrogen-bond donors (Lipinski definition) is 0. The molecule has 4 rings (SSSR count). The summed E-state index contributed by atoms with van der Waals surface area (Å²) in [4.78, 5) is 16.9. The van der Waals surface area contributed by atoms with Crippen LogP contribution in [0, 0.1) is 5.82 Å². The Morgan fingerprint density at radius 1 is 0.923 bits per heavy atom. The number of fused-ring (bicyclic) bond motifs is 1. The summed E-state index contributed by atoms with van der Waals surface area (Å²) in [5.41, 5.74) is 1.95. The van der Waals surface area contributed by atoms with E-state index in [0.717, 1.165) is 15.2 Å². The van der Waals surface area contributed by atoms with Crippen molar-refractivity contribution in [1.82, 2.24) is 4.98 Å². The molecule has 1 heterocycles. The molecule has 128 valence electrons. The molecule has 0 spiro atoms. The summed E-state index contributed by atoms with van der Waals surface area (Å²) in [6.07, 6.45) is 0. The summed E-state index contributed by atoms with van der Waals surface area (Å²) in [6.45, 7) is 0.380. The topological polar surface area (TPSA) is 39.2 Å². The van der Waals surface area contributed by atoms with Crippen LogP contribution < -0.4 is 4.74 Å². The van der Waals surface area contributed by atoms with Crippen molar-refractivity contribution in [2.75, 3.05) is 0 Å². The van der Waals surface area contributed by atoms with Gasteiger partial charge in [-0.3, -0.25) is 4.79 Å². The first-order valence-corrected chi connectivity index (χ1v) is 8.88. The molecule has 0 aliphatic heterocycles. The number of rotatable bonds is 5. The average molecular weight is 363 g/mol. The minimum Gasteiger partial charge on any atom is -0.486 e. The van der Waals surface area contributed by atoms with Gasteiger partial charge in [-0.25, -0.2) is 9.37 Å². The lowest BCUT2D eigenvalue weighted by molar-refractivity contribution is 0.103. The number of carbonyl (C=O) groups is 1. The molecule has 3 nitrogen and oxygen atoms in total. The molecule has 0 saturated carbocycles. The van der Waals surface area contributed by atoms with Crippen LogP contribution in [0.1, 0.15) is 20.9 Å². The standard InChI is InChI=1S/C21H14FNO2S/c22-16-9-5-14(6-10-16)21(24)15-7-11-17(12-8-15)25-13-20-23-18-3-1-2-4-19(18)26-20/h1-12H,13H2. The van der Waals surface area contributed by atoms with Gasteiger partial charge in [-0.15, -0.1) is 11.3 Å². The predicted molar refractivity (Wildman–Crippen MR) is 100 cm³/mol. The largest absolute Gasteiger partial charge is 0.486 e. The second-order valence-corrected chi connectivity index (χ2v) is 6.84. The summed E-state index contributed by atoms with van der Waals surface area (Å²) < 4.78 is 19.9. The van der Waals surface area contributed by atoms with E-state index in [1.54, 1.807) is 35.6 Å². The zero-order valence-electron chi connectivity index (χ0n) is 13.7. The number of nitrogens with zero attached hydrogens (tertiary/aromatic N) is 1. The molecule has 4 aromatic rings. The predicted octanol–water partition coefficient (Wildman–Crippen LogP) is 5.25. The third-order valence-corrected chi connectivity index (χ3v) is 4.93. The maximum absolute atomic E-state index is 13.0. The van der Waals surface area contributed by atoms with Gasteiger partial charge in [-0.05, 0) is 60.7 Å². The molecule has 5 heteroatoms. The van der Waals surface area contributed by atoms with E-state index in [9.17, 15) is 9.18 Å². The Morgan fingerprint density at radius 2 is 1.58 bits per heavy atom. The Kier molecular flexibility index (Phi) is 4.46. The summed E-state index contributed by atoms with van der Waals surface area (Å²) >= 11 is 1.60. The molecule has 0 saturated heterocycles. The van der Waals surface area contributed by atoms with Crippen LogP contribution in [-0.4, -0.2) is 10.8 Å². The third kappa shape index (κ3) is 3.48. The first kappa shape index (κ1) is 16.4. The van der Waals surface area contributed by atoms with Crippen molar-refractivity contribution in [2.24, 2.45) is 0 Å². The molecule has 0 radical (unpaired) electrons. The molecule has 0 N–H and O–H groups in total. The summed E-state index contributed by atoms with van der Waals surface area (Å²) in [5, 5.41) is 0.901. The second-order valence-electron chi connectivity index (χ2n) is 5.72. The van der Waals surface area contributed by atoms with Crippen LogP contribution in [0.4, 0.5) is 4.39 Å². The van der Waals surface area contributed by atoms with Gasteiger partial charge < -0.3 is 4.74 Å². The number of ether oxygens (including phenoxy) is 1. The summed E-state index contributed by atoms with van der Waals surface area (Å²) in [5.74, 6) is 0.155. The number of halogens is 1. The second kappa shape index (κ2) is 7.06. The van der Waals surface area contributed by atoms with Crippen molar-refractivity contribution < 1.29 is 13.9 Å². The van der Waals surface area contributed by atoms with E-state index in [-0.39, 0.29) is 11.6 Å². The lowest BCUT2D eigenvalue weighted by Gasteiger charge is -2.05. The maximum atomic E-state index is 13.0. The van der Waals surface area contributed by atoms with Crippen LogP contribution in [0.3, 0.4) is 0 Å². The fourth-order valence-corrected chi connectivity index (χ4v) is 3.48. The molecular formula is C21H14FNO2S. The van der Waals surface area contributed by atoms with Crippen LogP contribution in [0.2, 0.25) is 0 Å². The van der Waals surface area contributed by atoms with Gasteiger partial charge in [0.05, 0.1) is 10.2 Å². The number of thiazole rings is 1. The van der Waals surface area contributed by atoms with Crippen LogP contribution in [0.5, 0.6) is 5.75 Å². The molecule has 0 amide bonds. The fraction of sp³-hybridized carbons (Fsp3) is 0.0476. The van der Waals surface area contributed by atoms with Gasteiger partial charge in [0.25, 0.3) is 0 Å².